The van der Waals surface area contributed by atoms with E-state index in [1.54, 1.807) is 18.2 Å². The van der Waals surface area contributed by atoms with Gasteiger partial charge in [-0.05, 0) is 24.3 Å². The van der Waals surface area contributed by atoms with Crippen LogP contribution in [0.2, 0.25) is 0 Å². The molecule has 0 aromatic heterocycles. The molecule has 0 fully saturated rings. The number of halogens is 1. The molecule has 11 nitrogen and oxygen atoms in total. The second-order valence-corrected chi connectivity index (χ2v) is 10.6. The normalized spacial score (nSPS) is 11.9. The van der Waals surface area contributed by atoms with Crippen molar-refractivity contribution in [3.8, 4) is 23.0 Å². The molecule has 0 amide bonds. The molecule has 0 aliphatic rings. The Morgan fingerprint density at radius 1 is 0.833 bits per heavy atom. The highest BCUT2D eigenvalue weighted by molar-refractivity contribution is 7.93. The summed E-state index contributed by atoms with van der Waals surface area (Å²) in [6.07, 6.45) is -1.52. The summed E-state index contributed by atoms with van der Waals surface area (Å²) in [5, 5.41) is 20.1. The molecular formula is C29H26FNO10S. The summed E-state index contributed by atoms with van der Waals surface area (Å²) in [6.45, 7) is -0.974. The van der Waals surface area contributed by atoms with E-state index in [1.165, 1.54) is 63.8 Å². The van der Waals surface area contributed by atoms with Crippen molar-refractivity contribution >= 4 is 38.4 Å². The van der Waals surface area contributed by atoms with E-state index in [0.717, 1.165) is 12.1 Å². The Morgan fingerprint density at radius 2 is 1.43 bits per heavy atom. The maximum absolute atomic E-state index is 14.2. The Kier molecular flexibility index (Phi) is 8.71. The first kappa shape index (κ1) is 29.9. The fourth-order valence-corrected chi connectivity index (χ4v) is 6.07. The monoisotopic (exact) mass is 599 g/mol. The maximum atomic E-state index is 14.2. The molecule has 0 spiro atoms. The summed E-state index contributed by atoms with van der Waals surface area (Å²) >= 11 is 0. The van der Waals surface area contributed by atoms with Crippen LogP contribution in [0.1, 0.15) is 11.7 Å². The minimum atomic E-state index is -4.67. The van der Waals surface area contributed by atoms with Gasteiger partial charge in [-0.1, -0.05) is 36.4 Å². The minimum absolute atomic E-state index is 0.0334. The Bertz CT molecular complexity index is 1720. The molecule has 13 heteroatoms. The van der Waals surface area contributed by atoms with Crippen molar-refractivity contribution in [2.45, 2.75) is 11.0 Å². The lowest BCUT2D eigenvalue weighted by Gasteiger charge is -2.27. The topological polar surface area (TPSA) is 149 Å². The van der Waals surface area contributed by atoms with E-state index < -0.39 is 45.3 Å². The van der Waals surface area contributed by atoms with Gasteiger partial charge in [0.25, 0.3) is 10.0 Å². The molecule has 4 aromatic carbocycles. The van der Waals surface area contributed by atoms with Crippen molar-refractivity contribution in [1.82, 2.24) is 0 Å². The summed E-state index contributed by atoms with van der Waals surface area (Å²) in [5.41, 5.74) is 0.139. The Labute approximate surface area is 240 Å². The number of rotatable bonds is 12. The van der Waals surface area contributed by atoms with Gasteiger partial charge in [0.05, 0.1) is 27.0 Å². The molecule has 4 aromatic rings. The quantitative estimate of drug-likeness (QED) is 0.239. The molecular weight excluding hydrogens is 573 g/mol. The molecule has 42 heavy (non-hydrogen) atoms. The van der Waals surface area contributed by atoms with Crippen LogP contribution in [0.4, 0.5) is 10.1 Å². The lowest BCUT2D eigenvalue weighted by molar-refractivity contribution is -0.145. The first-order valence-corrected chi connectivity index (χ1v) is 13.7. The zero-order valence-corrected chi connectivity index (χ0v) is 23.4. The third kappa shape index (κ3) is 5.86. The van der Waals surface area contributed by atoms with Crippen LogP contribution >= 0.6 is 0 Å². The van der Waals surface area contributed by atoms with Gasteiger partial charge in [0, 0.05) is 28.5 Å². The molecule has 1 atom stereocenters. The van der Waals surface area contributed by atoms with Gasteiger partial charge < -0.3 is 29.2 Å². The van der Waals surface area contributed by atoms with Crippen molar-refractivity contribution in [1.29, 1.82) is 0 Å². The molecule has 0 aliphatic carbocycles. The zero-order chi connectivity index (χ0) is 30.6. The first-order chi connectivity index (χ1) is 20.0. The highest BCUT2D eigenvalue weighted by Gasteiger charge is 2.35. The first-order valence-electron chi connectivity index (χ1n) is 12.2. The van der Waals surface area contributed by atoms with E-state index in [0.29, 0.717) is 9.69 Å². The summed E-state index contributed by atoms with van der Waals surface area (Å²) in [7, 11) is -0.804. The van der Waals surface area contributed by atoms with E-state index >= 15 is 0 Å². The number of anilines is 1. The molecule has 0 bridgehead atoms. The number of hydrogen-bond acceptors (Lipinski definition) is 8. The number of aliphatic carboxylic acids is 2. The standard InChI is InChI=1S/C29H26FNO10S/c1-38-19-14-24(39-2)28(25(15-19)40-3)42(36,37)31(16-26(32)33)22-12-13-23(21-7-5-4-6-20(21)22)41-27(29(34)35)17-8-10-18(30)11-9-17/h4-15,27H,16H2,1-3H3,(H,32,33)(H,34,35). The minimum Gasteiger partial charge on any atom is -0.496 e. The summed E-state index contributed by atoms with van der Waals surface area (Å²) in [6, 6.07) is 16.4. The largest absolute Gasteiger partial charge is 0.496 e. The van der Waals surface area contributed by atoms with Crippen LogP contribution in [-0.4, -0.2) is 58.4 Å². The van der Waals surface area contributed by atoms with Gasteiger partial charge in [-0.25, -0.2) is 17.6 Å². The number of carboxylic acids is 2. The summed E-state index contributed by atoms with van der Waals surface area (Å²) in [5.74, 6) is -3.32. The molecule has 0 saturated heterocycles. The lowest BCUT2D eigenvalue weighted by Crippen LogP contribution is -2.36. The number of fused-ring (bicyclic) bond motifs is 1. The second kappa shape index (κ2) is 12.2. The molecule has 0 aliphatic heterocycles. The van der Waals surface area contributed by atoms with Crippen molar-refractivity contribution in [3.05, 3.63) is 84.2 Å². The van der Waals surface area contributed by atoms with Crippen LogP contribution in [0.25, 0.3) is 10.8 Å². The Hall–Kier alpha value is -5.04. The Morgan fingerprint density at radius 3 is 1.95 bits per heavy atom. The highest BCUT2D eigenvalue weighted by atomic mass is 32.2. The second-order valence-electron chi connectivity index (χ2n) is 8.78. The molecule has 1 unspecified atom stereocenters. The van der Waals surface area contributed by atoms with Gasteiger partial charge >= 0.3 is 11.9 Å². The number of hydrogen-bond donors (Lipinski definition) is 2. The van der Waals surface area contributed by atoms with Gasteiger partial charge in [-0.2, -0.15) is 0 Å². The highest BCUT2D eigenvalue weighted by Crippen LogP contribution is 2.43. The van der Waals surface area contributed by atoms with Crippen LogP contribution in [0.15, 0.2) is 77.7 Å². The lowest BCUT2D eigenvalue weighted by atomic mass is 10.1. The molecule has 220 valence electrons. The number of ether oxygens (including phenoxy) is 4. The van der Waals surface area contributed by atoms with Crippen LogP contribution in [0, 0.1) is 5.82 Å². The fourth-order valence-electron chi connectivity index (χ4n) is 4.36. The number of sulfonamides is 1. The summed E-state index contributed by atoms with van der Waals surface area (Å²) in [4.78, 5) is 23.6. The smallest absolute Gasteiger partial charge is 0.349 e. The van der Waals surface area contributed by atoms with Gasteiger partial charge in [-0.3, -0.25) is 9.10 Å². The van der Waals surface area contributed by atoms with Gasteiger partial charge in [0.1, 0.15) is 35.4 Å². The number of nitrogens with zero attached hydrogens (tertiary/aromatic N) is 1. The number of methoxy groups -OCH3 is 3. The van der Waals surface area contributed by atoms with E-state index in [4.69, 9.17) is 18.9 Å². The van der Waals surface area contributed by atoms with Crippen molar-refractivity contribution in [3.63, 3.8) is 0 Å². The number of carboxylic acid groups (broad SMARTS) is 2. The predicted octanol–water partition coefficient (Wildman–Crippen LogP) is 4.49. The number of benzene rings is 4. The van der Waals surface area contributed by atoms with E-state index in [2.05, 4.69) is 0 Å². The van der Waals surface area contributed by atoms with Gasteiger partial charge in [0.15, 0.2) is 4.90 Å². The van der Waals surface area contributed by atoms with Crippen LogP contribution in [0.5, 0.6) is 23.0 Å². The molecule has 0 heterocycles. The zero-order valence-electron chi connectivity index (χ0n) is 22.6. The molecule has 0 saturated carbocycles. The molecule has 2 N–H and O–H groups in total. The van der Waals surface area contributed by atoms with E-state index in [1.807, 2.05) is 0 Å². The average Bonchev–Trinajstić information content (AvgIpc) is 2.98. The van der Waals surface area contributed by atoms with Crippen LogP contribution < -0.4 is 23.3 Å². The fraction of sp³-hybridized carbons (Fsp3) is 0.172. The van der Waals surface area contributed by atoms with Crippen molar-refractivity contribution in [2.75, 3.05) is 32.2 Å². The number of carbonyl (C=O) groups is 2. The van der Waals surface area contributed by atoms with Crippen LogP contribution in [-0.2, 0) is 19.6 Å². The van der Waals surface area contributed by atoms with E-state index in [-0.39, 0.29) is 39.6 Å². The molecule has 4 rings (SSSR count). The maximum Gasteiger partial charge on any atom is 0.349 e. The molecule has 0 radical (unpaired) electrons. The third-order valence-corrected chi connectivity index (χ3v) is 8.09. The van der Waals surface area contributed by atoms with E-state index in [9.17, 15) is 32.6 Å². The summed E-state index contributed by atoms with van der Waals surface area (Å²) < 4.78 is 64.1. The average molecular weight is 600 g/mol. The van der Waals surface area contributed by atoms with Crippen LogP contribution in [0.3, 0.4) is 0 Å². The third-order valence-electron chi connectivity index (χ3n) is 6.27. The van der Waals surface area contributed by atoms with Crippen molar-refractivity contribution in [2.24, 2.45) is 0 Å². The van der Waals surface area contributed by atoms with Gasteiger partial charge in [0.2, 0.25) is 6.10 Å². The Balaban J connectivity index is 1.90. The predicted molar refractivity (Wildman–Crippen MR) is 150 cm³/mol. The van der Waals surface area contributed by atoms with Gasteiger partial charge in [-0.15, -0.1) is 0 Å². The van der Waals surface area contributed by atoms with Crippen molar-refractivity contribution < 1.29 is 51.6 Å². The SMILES string of the molecule is COc1cc(OC)c(S(=O)(=O)N(CC(=O)O)c2ccc(OC(C(=O)O)c3ccc(F)cc3)c3ccccc23)c(OC)c1.